The molecule has 112 valence electrons. The van der Waals surface area contributed by atoms with E-state index in [2.05, 4.69) is 24.5 Å². The smallest absolute Gasteiger partial charge is 0.310 e. The van der Waals surface area contributed by atoms with Gasteiger partial charge in [-0.05, 0) is 57.2 Å². The van der Waals surface area contributed by atoms with Crippen molar-refractivity contribution in [1.82, 2.24) is 9.88 Å². The highest BCUT2D eigenvalue weighted by Crippen LogP contribution is 2.41. The molecule has 1 fully saturated rings. The molecule has 1 saturated carbocycles. The monoisotopic (exact) mass is 278 g/mol. The first-order valence-electron chi connectivity index (χ1n) is 7.56. The minimum absolute atomic E-state index is 0.434. The summed E-state index contributed by atoms with van der Waals surface area (Å²) in [6.45, 7) is 7.25. The van der Waals surface area contributed by atoms with Crippen LogP contribution in [0.15, 0.2) is 18.5 Å². The fourth-order valence-corrected chi connectivity index (χ4v) is 2.55. The molecule has 0 aromatic carbocycles. The van der Waals surface area contributed by atoms with Crippen LogP contribution in [0.4, 0.5) is 0 Å². The number of rotatable bonds is 8. The van der Waals surface area contributed by atoms with Gasteiger partial charge in [0.15, 0.2) is 0 Å². The molecule has 2 N–H and O–H groups in total. The van der Waals surface area contributed by atoms with Crippen molar-refractivity contribution < 1.29 is 9.90 Å². The SMILES string of the molecule is CCCNC(c1ccn(CC(C)(C)C(=O)O)c1)C1CC1. The van der Waals surface area contributed by atoms with Gasteiger partial charge < -0.3 is 15.0 Å². The summed E-state index contributed by atoms with van der Waals surface area (Å²) in [5, 5.41) is 12.8. The Morgan fingerprint density at radius 1 is 1.55 bits per heavy atom. The Balaban J connectivity index is 2.05. The van der Waals surface area contributed by atoms with Gasteiger partial charge in [-0.1, -0.05) is 6.92 Å². The standard InChI is InChI=1S/C16H26N2O2/c1-4-8-17-14(12-5-6-12)13-7-9-18(10-13)11-16(2,3)15(19)20/h7,9-10,12,14,17H,4-6,8,11H2,1-3H3,(H,19,20). The number of aliphatic carboxylic acids is 1. The molecule has 0 saturated heterocycles. The number of hydrogen-bond donors (Lipinski definition) is 2. The number of nitrogens with one attached hydrogen (secondary N) is 1. The lowest BCUT2D eigenvalue weighted by Crippen LogP contribution is -2.28. The minimum Gasteiger partial charge on any atom is -0.481 e. The van der Waals surface area contributed by atoms with E-state index in [9.17, 15) is 9.90 Å². The first-order valence-corrected chi connectivity index (χ1v) is 7.56. The first kappa shape index (κ1) is 15.1. The van der Waals surface area contributed by atoms with E-state index in [1.807, 2.05) is 10.8 Å². The van der Waals surface area contributed by atoms with Crippen LogP contribution >= 0.6 is 0 Å². The molecule has 1 heterocycles. The predicted octanol–water partition coefficient (Wildman–Crippen LogP) is 3.05. The van der Waals surface area contributed by atoms with Gasteiger partial charge in [0.2, 0.25) is 0 Å². The summed E-state index contributed by atoms with van der Waals surface area (Å²) in [4.78, 5) is 11.2. The second kappa shape index (κ2) is 6.00. The second-order valence-electron chi connectivity index (χ2n) is 6.58. The van der Waals surface area contributed by atoms with E-state index in [0.29, 0.717) is 12.6 Å². The van der Waals surface area contributed by atoms with Gasteiger partial charge in [0, 0.05) is 25.0 Å². The third-order valence-corrected chi connectivity index (χ3v) is 4.00. The van der Waals surface area contributed by atoms with E-state index in [-0.39, 0.29) is 0 Å². The summed E-state index contributed by atoms with van der Waals surface area (Å²) in [5.74, 6) is 0.000449. The highest BCUT2D eigenvalue weighted by Gasteiger charge is 2.33. The Morgan fingerprint density at radius 3 is 2.80 bits per heavy atom. The molecule has 1 atom stereocenters. The van der Waals surface area contributed by atoms with Gasteiger partial charge >= 0.3 is 5.97 Å². The van der Waals surface area contributed by atoms with Crippen LogP contribution in [0.25, 0.3) is 0 Å². The maximum Gasteiger partial charge on any atom is 0.310 e. The molecule has 1 aromatic rings. The van der Waals surface area contributed by atoms with Crippen molar-refractivity contribution in [2.24, 2.45) is 11.3 Å². The first-order chi connectivity index (χ1) is 9.44. The molecule has 0 spiro atoms. The third kappa shape index (κ3) is 3.63. The lowest BCUT2D eigenvalue weighted by molar-refractivity contribution is -0.147. The van der Waals surface area contributed by atoms with Crippen molar-refractivity contribution >= 4 is 5.97 Å². The van der Waals surface area contributed by atoms with Crippen molar-refractivity contribution in [3.8, 4) is 0 Å². The Hall–Kier alpha value is -1.29. The van der Waals surface area contributed by atoms with Gasteiger partial charge in [-0.25, -0.2) is 0 Å². The van der Waals surface area contributed by atoms with Crippen LogP contribution in [-0.4, -0.2) is 22.2 Å². The van der Waals surface area contributed by atoms with Crippen molar-refractivity contribution in [2.45, 2.75) is 52.6 Å². The second-order valence-corrected chi connectivity index (χ2v) is 6.58. The summed E-state index contributed by atoms with van der Waals surface area (Å²) < 4.78 is 2.01. The average molecular weight is 278 g/mol. The Bertz CT molecular complexity index is 461. The fraction of sp³-hybridized carbons (Fsp3) is 0.688. The Morgan fingerprint density at radius 2 is 2.25 bits per heavy atom. The van der Waals surface area contributed by atoms with E-state index in [1.54, 1.807) is 13.8 Å². The molecular weight excluding hydrogens is 252 g/mol. The van der Waals surface area contributed by atoms with Gasteiger partial charge in [-0.2, -0.15) is 0 Å². The molecule has 0 amide bonds. The number of aromatic nitrogens is 1. The molecule has 0 aliphatic heterocycles. The van der Waals surface area contributed by atoms with Crippen molar-refractivity contribution in [1.29, 1.82) is 0 Å². The summed E-state index contributed by atoms with van der Waals surface area (Å²) in [5.41, 5.74) is 0.560. The maximum atomic E-state index is 11.2. The highest BCUT2D eigenvalue weighted by molar-refractivity contribution is 5.73. The molecular formula is C16H26N2O2. The third-order valence-electron chi connectivity index (χ3n) is 4.00. The average Bonchev–Trinajstić information content (AvgIpc) is 3.11. The zero-order chi connectivity index (χ0) is 14.8. The van der Waals surface area contributed by atoms with E-state index in [1.165, 1.54) is 18.4 Å². The summed E-state index contributed by atoms with van der Waals surface area (Å²) in [6.07, 6.45) is 7.84. The van der Waals surface area contributed by atoms with Crippen LogP contribution in [0.3, 0.4) is 0 Å². The van der Waals surface area contributed by atoms with Crippen LogP contribution in [0, 0.1) is 11.3 Å². The van der Waals surface area contributed by atoms with E-state index < -0.39 is 11.4 Å². The van der Waals surface area contributed by atoms with E-state index in [4.69, 9.17) is 0 Å². The lowest BCUT2D eigenvalue weighted by Gasteiger charge is -2.20. The molecule has 0 radical (unpaired) electrons. The number of carboxylic acid groups (broad SMARTS) is 1. The van der Waals surface area contributed by atoms with Gasteiger partial charge in [0.1, 0.15) is 0 Å². The van der Waals surface area contributed by atoms with Crippen molar-refractivity contribution in [3.05, 3.63) is 24.0 Å². The van der Waals surface area contributed by atoms with E-state index in [0.717, 1.165) is 18.9 Å². The molecule has 2 rings (SSSR count). The molecule has 1 unspecified atom stereocenters. The summed E-state index contributed by atoms with van der Waals surface area (Å²) in [6, 6.07) is 2.56. The van der Waals surface area contributed by atoms with Gasteiger partial charge in [-0.15, -0.1) is 0 Å². The molecule has 1 aliphatic carbocycles. The van der Waals surface area contributed by atoms with Crippen LogP contribution in [-0.2, 0) is 11.3 Å². The maximum absolute atomic E-state index is 11.2. The van der Waals surface area contributed by atoms with Gasteiger partial charge in [-0.3, -0.25) is 4.79 Å². The van der Waals surface area contributed by atoms with Crippen LogP contribution < -0.4 is 5.32 Å². The molecule has 20 heavy (non-hydrogen) atoms. The normalized spacial score (nSPS) is 17.1. The molecule has 4 nitrogen and oxygen atoms in total. The Labute approximate surface area is 121 Å². The molecule has 1 aliphatic rings. The van der Waals surface area contributed by atoms with Gasteiger partial charge in [0.25, 0.3) is 0 Å². The van der Waals surface area contributed by atoms with Crippen molar-refractivity contribution in [3.63, 3.8) is 0 Å². The summed E-state index contributed by atoms with van der Waals surface area (Å²) >= 11 is 0. The van der Waals surface area contributed by atoms with E-state index >= 15 is 0 Å². The van der Waals surface area contributed by atoms with Crippen molar-refractivity contribution in [2.75, 3.05) is 6.54 Å². The molecule has 1 aromatic heterocycles. The number of nitrogens with zero attached hydrogens (tertiary/aromatic N) is 1. The molecule has 0 bridgehead atoms. The van der Waals surface area contributed by atoms with Gasteiger partial charge in [0.05, 0.1) is 5.41 Å². The quantitative estimate of drug-likeness (QED) is 0.768. The van der Waals surface area contributed by atoms with Crippen LogP contribution in [0.1, 0.15) is 51.6 Å². The van der Waals surface area contributed by atoms with Crippen LogP contribution in [0.2, 0.25) is 0 Å². The topological polar surface area (TPSA) is 54.3 Å². The lowest BCUT2D eigenvalue weighted by atomic mass is 9.94. The number of carboxylic acids is 1. The zero-order valence-electron chi connectivity index (χ0n) is 12.7. The number of hydrogen-bond acceptors (Lipinski definition) is 2. The molecule has 4 heteroatoms. The zero-order valence-corrected chi connectivity index (χ0v) is 12.7. The number of carbonyl (C=O) groups is 1. The predicted molar refractivity (Wildman–Crippen MR) is 79.6 cm³/mol. The summed E-state index contributed by atoms with van der Waals surface area (Å²) in [7, 11) is 0. The van der Waals surface area contributed by atoms with Crippen LogP contribution in [0.5, 0.6) is 0 Å². The Kier molecular flexibility index (Phi) is 4.53. The largest absolute Gasteiger partial charge is 0.481 e. The fourth-order valence-electron chi connectivity index (χ4n) is 2.55. The minimum atomic E-state index is -0.754. The highest BCUT2D eigenvalue weighted by atomic mass is 16.4.